The number of rotatable bonds is 3. The number of nitrogens with two attached hydrogens (primary N) is 1. The van der Waals surface area contributed by atoms with Crippen molar-refractivity contribution < 1.29 is 37.7 Å². The second-order valence-electron chi connectivity index (χ2n) is 4.38. The third kappa shape index (κ3) is 3.00. The van der Waals surface area contributed by atoms with Gasteiger partial charge in [0.25, 0.3) is 0 Å². The molecule has 0 aliphatic carbocycles. The molecule has 0 aromatic carbocycles. The number of aromatic nitrogens is 3. The van der Waals surface area contributed by atoms with Crippen molar-refractivity contribution >= 4 is 23.1 Å². The van der Waals surface area contributed by atoms with E-state index in [-0.39, 0.29) is 31.4 Å². The number of carboxylic acid groups (broad SMARTS) is 1. The fourth-order valence-electron chi connectivity index (χ4n) is 2.12. The number of carbonyl (C=O) groups is 1. The van der Waals surface area contributed by atoms with Gasteiger partial charge in [0.1, 0.15) is 7.62 Å². The average molecular weight is 298 g/mol. The van der Waals surface area contributed by atoms with Crippen molar-refractivity contribution in [2.24, 2.45) is 5.89 Å². The zero-order valence-electron chi connectivity index (χ0n) is 15.1. The van der Waals surface area contributed by atoms with Crippen LogP contribution in [-0.4, -0.2) is 40.4 Å². The van der Waals surface area contributed by atoms with Crippen LogP contribution in [0.4, 0.5) is 5.95 Å². The summed E-state index contributed by atoms with van der Waals surface area (Å²) in [5.41, 5.74) is 6.84. The number of fused-ring (bicyclic) bond motifs is 1. The molecule has 1 aliphatic heterocycles. The fraction of sp³-hybridized carbons (Fsp3) is 0.308. The van der Waals surface area contributed by atoms with Crippen molar-refractivity contribution in [3.05, 3.63) is 30.0 Å². The minimum absolute atomic E-state index is 0. The summed E-state index contributed by atoms with van der Waals surface area (Å²) in [6.07, 6.45) is 0.209. The molecule has 2 atom stereocenters. The molecule has 0 spiro atoms. The van der Waals surface area contributed by atoms with E-state index in [1.54, 1.807) is 18.3 Å². The second-order valence-corrected chi connectivity index (χ2v) is 4.38. The van der Waals surface area contributed by atoms with Crippen LogP contribution in [0.3, 0.4) is 0 Å². The summed E-state index contributed by atoms with van der Waals surface area (Å²) in [5, 5.41) is 16.0. The van der Waals surface area contributed by atoms with Crippen molar-refractivity contribution in [2.75, 3.05) is 19.4 Å². The molecule has 22 heavy (non-hydrogen) atoms. The zero-order valence-corrected chi connectivity index (χ0v) is 12.1. The first-order chi connectivity index (χ1) is 11.2. The van der Waals surface area contributed by atoms with Crippen LogP contribution in [0.25, 0.3) is 11.2 Å². The number of carboxylic acids is 1. The Bertz CT molecular complexity index is 863. The van der Waals surface area contributed by atoms with Crippen molar-refractivity contribution in [2.45, 2.75) is 6.20 Å². The minimum atomic E-state index is -2.59. The smallest absolute Gasteiger partial charge is 0.549 e. The molecule has 2 aromatic rings. The van der Waals surface area contributed by atoms with E-state index in [0.717, 1.165) is 13.2 Å². The summed E-state index contributed by atoms with van der Waals surface area (Å²) < 4.78 is 30.4. The fourth-order valence-corrected chi connectivity index (χ4v) is 2.12. The first-order valence-corrected chi connectivity index (χ1v) is 6.08. The molecule has 0 radical (unpaired) electrons. The van der Waals surface area contributed by atoms with Crippen LogP contribution in [0.15, 0.2) is 24.4 Å². The number of methoxy groups -OCH3 is 1. The van der Waals surface area contributed by atoms with E-state index in [9.17, 15) is 9.90 Å². The number of nitrogen functional groups attached to an aromatic ring is 1. The van der Waals surface area contributed by atoms with Gasteiger partial charge in [0.05, 0.1) is 13.2 Å². The Labute approximate surface area is 142 Å². The molecule has 0 amide bonds. The number of nitrogens with zero attached hydrogens (tertiary/aromatic N) is 3. The number of carbonyl (C=O) groups excluding carboxylic acids is 1. The predicted molar refractivity (Wildman–Crippen MR) is 72.7 cm³/mol. The molecule has 1 aliphatic rings. The Hall–Kier alpha value is -1.85. The molecule has 9 heteroatoms. The van der Waals surface area contributed by atoms with Crippen molar-refractivity contribution in [3.63, 3.8) is 0 Å². The van der Waals surface area contributed by atoms with Crippen LogP contribution in [0.2, 0.25) is 1.41 Å². The monoisotopic (exact) mass is 298 g/mol. The number of ether oxygens (including phenoxy) is 1. The Morgan fingerprint density at radius 1 is 1.73 bits per heavy atom. The maximum absolute atomic E-state index is 11.5. The standard InChI is InChI=1S/C13H15N5O3.Li/c1-21-11-9(12(19)20)4-8(6-15-11)7-2-3-18-10(5-7)16-13(14)17-18;/h2-5,9,11,15H,6H2,1H3,(H2,14,17)(H,19,20);/q;+1/p-1/i9D,11D;/hD. The maximum atomic E-state index is 11.5. The molecule has 0 fully saturated rings. The maximum Gasteiger partial charge on any atom is 1.00 e. The first-order valence-electron chi connectivity index (χ1n) is 7.53. The van der Waals surface area contributed by atoms with Gasteiger partial charge in [-0.05, 0) is 23.3 Å². The number of anilines is 1. The molecule has 3 N–H and O–H groups in total. The Kier molecular flexibility index (Phi) is 3.74. The molecule has 110 valence electrons. The van der Waals surface area contributed by atoms with Gasteiger partial charge in [-0.2, -0.15) is 4.98 Å². The Morgan fingerprint density at radius 3 is 3.18 bits per heavy atom. The topological polar surface area (TPSA) is 118 Å². The van der Waals surface area contributed by atoms with E-state index in [1.165, 1.54) is 4.52 Å². The summed E-state index contributed by atoms with van der Waals surface area (Å²) in [5.74, 6) is -4.33. The number of hydrogen-bond donors (Lipinski definition) is 2. The molecule has 0 bridgehead atoms. The second kappa shape index (κ2) is 6.50. The van der Waals surface area contributed by atoms with E-state index < -0.39 is 18.1 Å². The number of pyridine rings is 1. The summed E-state index contributed by atoms with van der Waals surface area (Å²) in [6.45, 7) is -0.120. The van der Waals surface area contributed by atoms with Crippen molar-refractivity contribution in [3.8, 4) is 0 Å². The first kappa shape index (κ1) is 12.7. The summed E-state index contributed by atoms with van der Waals surface area (Å²) >= 11 is 0. The van der Waals surface area contributed by atoms with Gasteiger partial charge in [-0.25, -0.2) is 4.52 Å². The van der Waals surface area contributed by atoms with E-state index in [1.807, 2.05) is 0 Å². The predicted octanol–water partition coefficient (Wildman–Crippen LogP) is -4.36. The third-order valence-corrected chi connectivity index (χ3v) is 3.08. The number of aliphatic carboxylic acids is 1. The van der Waals surface area contributed by atoms with Gasteiger partial charge < -0.3 is 20.4 Å². The molecular formula is C13H14LiN5O3. The summed E-state index contributed by atoms with van der Waals surface area (Å²) in [7, 11) is 1.07. The van der Waals surface area contributed by atoms with Gasteiger partial charge in [0, 0.05) is 21.2 Å². The molecule has 0 saturated heterocycles. The molecule has 3 heterocycles. The normalized spacial score (nSPS) is 30.8. The van der Waals surface area contributed by atoms with E-state index in [2.05, 4.69) is 10.1 Å². The Morgan fingerprint density at radius 2 is 2.50 bits per heavy atom. The molecule has 2 unspecified atom stereocenters. The van der Waals surface area contributed by atoms with Gasteiger partial charge in [0.2, 0.25) is 5.95 Å². The molecular weight excluding hydrogens is 281 g/mol. The van der Waals surface area contributed by atoms with Crippen LogP contribution in [0.5, 0.6) is 0 Å². The average Bonchev–Trinajstić information content (AvgIpc) is 2.90. The summed E-state index contributed by atoms with van der Waals surface area (Å²) in [6, 6.07) is 3.22. The summed E-state index contributed by atoms with van der Waals surface area (Å²) in [4.78, 5) is 15.5. The van der Waals surface area contributed by atoms with E-state index in [4.69, 9.17) is 14.6 Å². The Balaban J connectivity index is 0.00000225. The largest absolute Gasteiger partial charge is 1.00 e. The third-order valence-electron chi connectivity index (χ3n) is 3.08. The SMILES string of the molecule is [2H]N1CC(c2ccn3nc(N)nc3c2)=CC([2H])(C(=O)[O-])C1([2H])OC.[Li+]. The van der Waals surface area contributed by atoms with E-state index >= 15 is 0 Å². The van der Waals surface area contributed by atoms with E-state index in [0.29, 0.717) is 22.1 Å². The van der Waals surface area contributed by atoms with Crippen LogP contribution in [0, 0.1) is 5.89 Å². The zero-order chi connectivity index (χ0) is 17.7. The van der Waals surface area contributed by atoms with Gasteiger partial charge >= 0.3 is 18.9 Å². The number of hydrogen-bond acceptors (Lipinski definition) is 7. The van der Waals surface area contributed by atoms with Crippen LogP contribution >= 0.6 is 0 Å². The van der Waals surface area contributed by atoms with Gasteiger partial charge in [-0.15, -0.1) is 5.10 Å². The molecule has 3 rings (SSSR count). The molecule has 8 nitrogen and oxygen atoms in total. The van der Waals surface area contributed by atoms with Crippen LogP contribution in [-0.2, 0) is 9.53 Å². The number of nitrogens with one attached hydrogen (secondary N) is 1. The van der Waals surface area contributed by atoms with Crippen LogP contribution in [0.1, 0.15) is 8.30 Å². The van der Waals surface area contributed by atoms with Gasteiger partial charge in [-0.3, -0.25) is 5.31 Å². The van der Waals surface area contributed by atoms with Crippen molar-refractivity contribution in [1.82, 2.24) is 19.9 Å². The van der Waals surface area contributed by atoms with Gasteiger partial charge in [-0.1, -0.05) is 6.08 Å². The van der Waals surface area contributed by atoms with Crippen LogP contribution < -0.4 is 35.0 Å². The quantitative estimate of drug-likeness (QED) is 0.550. The van der Waals surface area contributed by atoms with Gasteiger partial charge in [0.15, 0.2) is 5.65 Å². The minimum Gasteiger partial charge on any atom is -0.549 e. The molecule has 2 aromatic heterocycles. The van der Waals surface area contributed by atoms with Crippen molar-refractivity contribution in [1.29, 1.82) is 0 Å². The molecule has 0 saturated carbocycles.